The van der Waals surface area contributed by atoms with Gasteiger partial charge in [-0.25, -0.2) is 4.79 Å². The van der Waals surface area contributed by atoms with Gasteiger partial charge in [0.15, 0.2) is 11.5 Å². The molecule has 0 aliphatic carbocycles. The second-order valence-electron chi connectivity index (χ2n) is 3.93. The summed E-state index contributed by atoms with van der Waals surface area (Å²) in [6, 6.07) is 3.94. The van der Waals surface area contributed by atoms with E-state index in [0.29, 0.717) is 0 Å². The molecule has 0 aliphatic heterocycles. The van der Waals surface area contributed by atoms with Crippen molar-refractivity contribution in [2.45, 2.75) is 33.5 Å². The fourth-order valence-corrected chi connectivity index (χ4v) is 1.39. The van der Waals surface area contributed by atoms with Crippen molar-refractivity contribution in [3.8, 4) is 11.5 Å². The van der Waals surface area contributed by atoms with Gasteiger partial charge >= 0.3 is 12.6 Å². The Morgan fingerprint density at radius 3 is 2.42 bits per heavy atom. The van der Waals surface area contributed by atoms with Crippen LogP contribution in [0.5, 0.6) is 11.5 Å². The van der Waals surface area contributed by atoms with E-state index < -0.39 is 12.6 Å². The molecule has 0 radical (unpaired) electrons. The van der Waals surface area contributed by atoms with Gasteiger partial charge in [-0.3, -0.25) is 0 Å². The summed E-state index contributed by atoms with van der Waals surface area (Å²) in [4.78, 5) is 11.5. The maximum Gasteiger partial charge on any atom is 0.387 e. The quantitative estimate of drug-likeness (QED) is 0.747. The molecule has 0 fully saturated rings. The molecule has 4 nitrogen and oxygen atoms in total. The van der Waals surface area contributed by atoms with Crippen molar-refractivity contribution in [3.63, 3.8) is 0 Å². The van der Waals surface area contributed by atoms with Gasteiger partial charge in [0, 0.05) is 0 Å². The first kappa shape index (κ1) is 15.2. The molecule has 0 N–H and O–H groups in total. The molecule has 19 heavy (non-hydrogen) atoms. The Labute approximate surface area is 110 Å². The molecule has 6 heteroatoms. The Kier molecular flexibility index (Phi) is 5.54. The lowest BCUT2D eigenvalue weighted by Crippen LogP contribution is -2.11. The summed E-state index contributed by atoms with van der Waals surface area (Å²) in [5, 5.41) is 0. The fourth-order valence-electron chi connectivity index (χ4n) is 1.39. The SMILES string of the molecule is CCOC(=O)c1ccc(OC(F)F)c(OC(C)C)c1. The van der Waals surface area contributed by atoms with Crippen LogP contribution in [0.3, 0.4) is 0 Å². The van der Waals surface area contributed by atoms with E-state index in [1.165, 1.54) is 18.2 Å². The molecule has 0 bridgehead atoms. The minimum Gasteiger partial charge on any atom is -0.487 e. The van der Waals surface area contributed by atoms with Crippen LogP contribution in [0.15, 0.2) is 18.2 Å². The molecule has 0 saturated carbocycles. The highest BCUT2D eigenvalue weighted by atomic mass is 19.3. The Morgan fingerprint density at radius 2 is 1.89 bits per heavy atom. The van der Waals surface area contributed by atoms with Crippen LogP contribution < -0.4 is 9.47 Å². The molecule has 0 saturated heterocycles. The Morgan fingerprint density at radius 1 is 1.21 bits per heavy atom. The normalized spacial score (nSPS) is 10.7. The first-order valence-corrected chi connectivity index (χ1v) is 5.86. The van der Waals surface area contributed by atoms with Gasteiger partial charge in [-0.05, 0) is 39.0 Å². The first-order chi connectivity index (χ1) is 8.93. The maximum atomic E-state index is 12.2. The van der Waals surface area contributed by atoms with Crippen molar-refractivity contribution in [1.82, 2.24) is 0 Å². The zero-order chi connectivity index (χ0) is 14.4. The highest BCUT2D eigenvalue weighted by molar-refractivity contribution is 5.90. The molecular formula is C13H16F2O4. The molecule has 0 unspecified atom stereocenters. The minimum absolute atomic E-state index is 0.0841. The smallest absolute Gasteiger partial charge is 0.387 e. The van der Waals surface area contributed by atoms with Gasteiger partial charge in [-0.15, -0.1) is 0 Å². The number of esters is 1. The van der Waals surface area contributed by atoms with Crippen molar-refractivity contribution in [3.05, 3.63) is 23.8 Å². The van der Waals surface area contributed by atoms with E-state index >= 15 is 0 Å². The van der Waals surface area contributed by atoms with Gasteiger partial charge < -0.3 is 14.2 Å². The van der Waals surface area contributed by atoms with E-state index in [0.717, 1.165) is 0 Å². The van der Waals surface area contributed by atoms with E-state index in [-0.39, 0.29) is 29.8 Å². The monoisotopic (exact) mass is 274 g/mol. The molecule has 0 heterocycles. The number of hydrogen-bond donors (Lipinski definition) is 0. The second kappa shape index (κ2) is 6.92. The maximum absolute atomic E-state index is 12.2. The molecule has 0 spiro atoms. The number of rotatable bonds is 6. The van der Waals surface area contributed by atoms with Crippen LogP contribution >= 0.6 is 0 Å². The van der Waals surface area contributed by atoms with Gasteiger partial charge in [0.1, 0.15) is 0 Å². The Balaban J connectivity index is 3.03. The first-order valence-electron chi connectivity index (χ1n) is 5.86. The molecule has 106 valence electrons. The third-order valence-electron chi connectivity index (χ3n) is 2.03. The molecule has 0 atom stereocenters. The summed E-state index contributed by atoms with van der Waals surface area (Å²) in [5.41, 5.74) is 0.221. The zero-order valence-corrected chi connectivity index (χ0v) is 11.0. The van der Waals surface area contributed by atoms with Gasteiger partial charge in [-0.2, -0.15) is 8.78 Å². The number of benzene rings is 1. The number of carbonyl (C=O) groups excluding carboxylic acids is 1. The summed E-state index contributed by atoms with van der Waals surface area (Å²) in [6.07, 6.45) is -0.238. The summed E-state index contributed by atoms with van der Waals surface area (Å²) < 4.78 is 39.0. The Bertz CT molecular complexity index is 433. The third kappa shape index (κ3) is 4.73. The topological polar surface area (TPSA) is 44.8 Å². The molecule has 0 aliphatic rings. The highest BCUT2D eigenvalue weighted by Crippen LogP contribution is 2.30. The van der Waals surface area contributed by atoms with E-state index in [2.05, 4.69) is 4.74 Å². The molecule has 1 aromatic carbocycles. The predicted molar refractivity (Wildman–Crippen MR) is 64.8 cm³/mol. The van der Waals surface area contributed by atoms with Crippen LogP contribution in [0.2, 0.25) is 0 Å². The van der Waals surface area contributed by atoms with E-state index in [4.69, 9.17) is 9.47 Å². The molecule has 1 aromatic rings. The number of halogens is 2. The van der Waals surface area contributed by atoms with Crippen molar-refractivity contribution in [1.29, 1.82) is 0 Å². The number of carbonyl (C=O) groups is 1. The van der Waals surface area contributed by atoms with Crippen LogP contribution in [0.4, 0.5) is 8.78 Å². The van der Waals surface area contributed by atoms with Crippen molar-refractivity contribution in [2.75, 3.05) is 6.61 Å². The van der Waals surface area contributed by atoms with E-state index in [1.807, 2.05) is 0 Å². The highest BCUT2D eigenvalue weighted by Gasteiger charge is 2.16. The summed E-state index contributed by atoms with van der Waals surface area (Å²) >= 11 is 0. The number of ether oxygens (including phenoxy) is 3. The van der Waals surface area contributed by atoms with E-state index in [9.17, 15) is 13.6 Å². The Hall–Kier alpha value is -1.85. The predicted octanol–water partition coefficient (Wildman–Crippen LogP) is 3.25. The largest absolute Gasteiger partial charge is 0.487 e. The zero-order valence-electron chi connectivity index (χ0n) is 11.0. The van der Waals surface area contributed by atoms with Crippen LogP contribution in [-0.4, -0.2) is 25.3 Å². The number of hydrogen-bond acceptors (Lipinski definition) is 4. The number of alkyl halides is 2. The van der Waals surface area contributed by atoms with Crippen molar-refractivity contribution < 1.29 is 27.8 Å². The van der Waals surface area contributed by atoms with Crippen LogP contribution in [0.1, 0.15) is 31.1 Å². The van der Waals surface area contributed by atoms with Gasteiger partial charge in [-0.1, -0.05) is 0 Å². The van der Waals surface area contributed by atoms with Gasteiger partial charge in [0.05, 0.1) is 18.3 Å². The minimum atomic E-state index is -2.96. The molecule has 0 amide bonds. The lowest BCUT2D eigenvalue weighted by atomic mass is 10.2. The van der Waals surface area contributed by atoms with Crippen molar-refractivity contribution in [2.24, 2.45) is 0 Å². The lowest BCUT2D eigenvalue weighted by Gasteiger charge is -2.15. The van der Waals surface area contributed by atoms with Gasteiger partial charge in [0.25, 0.3) is 0 Å². The summed E-state index contributed by atoms with van der Waals surface area (Å²) in [5.74, 6) is -0.572. The molecule has 1 rings (SSSR count). The van der Waals surface area contributed by atoms with Gasteiger partial charge in [0.2, 0.25) is 0 Å². The van der Waals surface area contributed by atoms with Crippen molar-refractivity contribution >= 4 is 5.97 Å². The fraction of sp³-hybridized carbons (Fsp3) is 0.462. The summed E-state index contributed by atoms with van der Waals surface area (Å²) in [7, 11) is 0. The third-order valence-corrected chi connectivity index (χ3v) is 2.03. The van der Waals surface area contributed by atoms with Crippen LogP contribution in [0, 0.1) is 0 Å². The second-order valence-corrected chi connectivity index (χ2v) is 3.93. The van der Waals surface area contributed by atoms with Crippen LogP contribution in [-0.2, 0) is 4.74 Å². The van der Waals surface area contributed by atoms with E-state index in [1.54, 1.807) is 20.8 Å². The molecule has 0 aromatic heterocycles. The average molecular weight is 274 g/mol. The standard InChI is InChI=1S/C13H16F2O4/c1-4-17-12(16)9-5-6-10(19-13(14)15)11(7-9)18-8(2)3/h5-8,13H,4H2,1-3H3. The summed E-state index contributed by atoms with van der Waals surface area (Å²) in [6.45, 7) is 2.43. The van der Waals surface area contributed by atoms with Crippen LogP contribution in [0.25, 0.3) is 0 Å². The average Bonchev–Trinajstić information content (AvgIpc) is 2.30. The molecular weight excluding hydrogens is 258 g/mol. The lowest BCUT2D eigenvalue weighted by molar-refractivity contribution is -0.0518.